The molecule has 1 aromatic rings. The largest absolute Gasteiger partial charge is 0.310 e. The summed E-state index contributed by atoms with van der Waals surface area (Å²) in [6.07, 6.45) is 6.97. The van der Waals surface area contributed by atoms with E-state index in [0.29, 0.717) is 11.0 Å². The molecule has 4 heteroatoms. The second-order valence-corrected chi connectivity index (χ2v) is 6.45. The third-order valence-corrected chi connectivity index (χ3v) is 4.83. The van der Waals surface area contributed by atoms with Gasteiger partial charge in [-0.05, 0) is 53.4 Å². The highest BCUT2D eigenvalue weighted by molar-refractivity contribution is 9.10. The van der Waals surface area contributed by atoms with Crippen LogP contribution in [0.2, 0.25) is 0 Å². The van der Waals surface area contributed by atoms with Gasteiger partial charge in [-0.15, -0.1) is 0 Å². The highest BCUT2D eigenvalue weighted by Crippen LogP contribution is 2.34. The Bertz CT molecular complexity index is 444. The molecule has 1 N–H and O–H groups in total. The highest BCUT2D eigenvalue weighted by atomic mass is 79.9. The van der Waals surface area contributed by atoms with E-state index in [1.54, 1.807) is 0 Å². The molecule has 1 aliphatic carbocycles. The van der Waals surface area contributed by atoms with Crippen molar-refractivity contribution in [3.63, 3.8) is 0 Å². The zero-order chi connectivity index (χ0) is 14.5. The predicted octanol–water partition coefficient (Wildman–Crippen LogP) is 5.35. The van der Waals surface area contributed by atoms with Crippen LogP contribution < -0.4 is 5.32 Å². The smallest absolute Gasteiger partial charge is 0.145 e. The van der Waals surface area contributed by atoms with Crippen molar-refractivity contribution >= 4 is 15.9 Å². The van der Waals surface area contributed by atoms with E-state index in [1.807, 2.05) is 6.92 Å². The van der Waals surface area contributed by atoms with E-state index in [-0.39, 0.29) is 11.6 Å². The number of halogens is 3. The van der Waals surface area contributed by atoms with E-state index < -0.39 is 11.6 Å². The van der Waals surface area contributed by atoms with Gasteiger partial charge in [-0.2, -0.15) is 0 Å². The quantitative estimate of drug-likeness (QED) is 0.685. The normalized spacial score (nSPS) is 17.6. The fourth-order valence-corrected chi connectivity index (χ4v) is 3.50. The van der Waals surface area contributed by atoms with Crippen molar-refractivity contribution in [1.82, 2.24) is 5.32 Å². The van der Waals surface area contributed by atoms with Crippen LogP contribution >= 0.6 is 15.9 Å². The molecule has 1 saturated carbocycles. The molecule has 112 valence electrons. The molecule has 0 aromatic heterocycles. The molecule has 1 nitrogen and oxygen atoms in total. The molecule has 1 fully saturated rings. The fourth-order valence-electron chi connectivity index (χ4n) is 3.16. The van der Waals surface area contributed by atoms with Crippen LogP contribution in [-0.2, 0) is 0 Å². The van der Waals surface area contributed by atoms with Gasteiger partial charge in [0, 0.05) is 11.6 Å². The van der Waals surface area contributed by atoms with Crippen molar-refractivity contribution in [1.29, 1.82) is 0 Å². The van der Waals surface area contributed by atoms with Crippen LogP contribution in [0, 0.1) is 17.6 Å². The molecule has 1 unspecified atom stereocenters. The minimum absolute atomic E-state index is 0.180. The van der Waals surface area contributed by atoms with Crippen LogP contribution in [0.25, 0.3) is 0 Å². The van der Waals surface area contributed by atoms with Crippen LogP contribution in [0.15, 0.2) is 16.6 Å². The van der Waals surface area contributed by atoms with Crippen molar-refractivity contribution < 1.29 is 8.78 Å². The molecule has 1 aromatic carbocycles. The average Bonchev–Trinajstić information content (AvgIpc) is 2.94. The maximum absolute atomic E-state index is 14.2. The first-order chi connectivity index (χ1) is 9.63. The Hall–Kier alpha value is -0.480. The van der Waals surface area contributed by atoms with Crippen molar-refractivity contribution in [2.75, 3.05) is 6.54 Å². The molecule has 0 amide bonds. The molecule has 0 spiro atoms. The number of hydrogen-bond donors (Lipinski definition) is 1. The lowest BCUT2D eigenvalue weighted by molar-refractivity contribution is 0.395. The maximum atomic E-state index is 14.2. The third kappa shape index (κ3) is 3.79. The summed E-state index contributed by atoms with van der Waals surface area (Å²) in [5.74, 6) is -0.195. The van der Waals surface area contributed by atoms with E-state index in [0.717, 1.165) is 18.8 Å². The van der Waals surface area contributed by atoms with E-state index in [2.05, 4.69) is 21.2 Å². The summed E-state index contributed by atoms with van der Waals surface area (Å²) in [6, 6.07) is 2.52. The van der Waals surface area contributed by atoms with Crippen LogP contribution in [-0.4, -0.2) is 6.54 Å². The molecule has 0 heterocycles. The molecular formula is C16H22BrF2N. The van der Waals surface area contributed by atoms with Gasteiger partial charge in [-0.25, -0.2) is 8.78 Å². The zero-order valence-electron chi connectivity index (χ0n) is 11.9. The lowest BCUT2D eigenvalue weighted by Gasteiger charge is -2.21. The Morgan fingerprint density at radius 1 is 1.30 bits per heavy atom. The van der Waals surface area contributed by atoms with Crippen LogP contribution in [0.3, 0.4) is 0 Å². The topological polar surface area (TPSA) is 12.0 Å². The van der Waals surface area contributed by atoms with Crippen LogP contribution in [0.5, 0.6) is 0 Å². The Kier molecular flexibility index (Phi) is 5.97. The standard InChI is InChI=1S/C16H22BrF2N/c1-2-20-14(10-7-11-5-3-4-6-11)15-13(18)9-8-12(17)16(15)19/h8-9,11,14,20H,2-7,10H2,1H3. The molecule has 2 rings (SSSR count). The van der Waals surface area contributed by atoms with Gasteiger partial charge >= 0.3 is 0 Å². The van der Waals surface area contributed by atoms with Gasteiger partial charge < -0.3 is 5.32 Å². The molecule has 1 atom stereocenters. The van der Waals surface area contributed by atoms with Gasteiger partial charge in [0.25, 0.3) is 0 Å². The summed E-state index contributed by atoms with van der Waals surface area (Å²) < 4.78 is 28.5. The second-order valence-electron chi connectivity index (χ2n) is 5.59. The molecule has 0 aliphatic heterocycles. The molecule has 1 aliphatic rings. The van der Waals surface area contributed by atoms with E-state index >= 15 is 0 Å². The first kappa shape index (κ1) is 15.9. The monoisotopic (exact) mass is 345 g/mol. The van der Waals surface area contributed by atoms with Gasteiger partial charge in [0.05, 0.1) is 4.47 Å². The predicted molar refractivity (Wildman–Crippen MR) is 81.7 cm³/mol. The van der Waals surface area contributed by atoms with E-state index in [9.17, 15) is 8.78 Å². The molecule has 0 radical (unpaired) electrons. The van der Waals surface area contributed by atoms with E-state index in [1.165, 1.54) is 37.8 Å². The lowest BCUT2D eigenvalue weighted by atomic mass is 9.94. The van der Waals surface area contributed by atoms with Gasteiger partial charge in [0.15, 0.2) is 0 Å². The molecule has 20 heavy (non-hydrogen) atoms. The number of rotatable bonds is 6. The summed E-state index contributed by atoms with van der Waals surface area (Å²) in [6.45, 7) is 2.68. The zero-order valence-corrected chi connectivity index (χ0v) is 13.5. The summed E-state index contributed by atoms with van der Waals surface area (Å²) in [5.41, 5.74) is 0.180. The SMILES string of the molecule is CCNC(CCC1CCCC1)c1c(F)ccc(Br)c1F. The highest BCUT2D eigenvalue weighted by Gasteiger charge is 2.23. The van der Waals surface area contributed by atoms with Crippen molar-refractivity contribution in [3.8, 4) is 0 Å². The summed E-state index contributed by atoms with van der Waals surface area (Å²) in [5, 5.41) is 3.23. The summed E-state index contributed by atoms with van der Waals surface area (Å²) >= 11 is 3.15. The van der Waals surface area contributed by atoms with Crippen molar-refractivity contribution in [2.45, 2.75) is 51.5 Å². The minimum atomic E-state index is -0.470. The van der Waals surface area contributed by atoms with Crippen LogP contribution in [0.4, 0.5) is 8.78 Å². The third-order valence-electron chi connectivity index (χ3n) is 4.22. The first-order valence-electron chi connectivity index (χ1n) is 7.50. The van der Waals surface area contributed by atoms with Crippen molar-refractivity contribution in [2.24, 2.45) is 5.92 Å². The number of benzene rings is 1. The number of hydrogen-bond acceptors (Lipinski definition) is 1. The van der Waals surface area contributed by atoms with Crippen molar-refractivity contribution in [3.05, 3.63) is 33.8 Å². The molecule has 0 saturated heterocycles. The summed E-state index contributed by atoms with van der Waals surface area (Å²) in [7, 11) is 0. The number of nitrogens with one attached hydrogen (secondary N) is 1. The Labute approximate surface area is 128 Å². The van der Waals surface area contributed by atoms with Gasteiger partial charge in [-0.1, -0.05) is 32.6 Å². The maximum Gasteiger partial charge on any atom is 0.145 e. The minimum Gasteiger partial charge on any atom is -0.310 e. The Morgan fingerprint density at radius 3 is 2.65 bits per heavy atom. The molecular weight excluding hydrogens is 324 g/mol. The van der Waals surface area contributed by atoms with Crippen LogP contribution in [0.1, 0.15) is 57.1 Å². The lowest BCUT2D eigenvalue weighted by Crippen LogP contribution is -2.24. The Morgan fingerprint density at radius 2 is 2.00 bits per heavy atom. The second kappa shape index (κ2) is 7.51. The van der Waals surface area contributed by atoms with Gasteiger partial charge in [0.2, 0.25) is 0 Å². The summed E-state index contributed by atoms with van der Waals surface area (Å²) in [4.78, 5) is 0. The average molecular weight is 346 g/mol. The fraction of sp³-hybridized carbons (Fsp3) is 0.625. The van der Waals surface area contributed by atoms with Gasteiger partial charge in [0.1, 0.15) is 11.6 Å². The van der Waals surface area contributed by atoms with E-state index in [4.69, 9.17) is 0 Å². The Balaban J connectivity index is 2.12. The van der Waals surface area contributed by atoms with Gasteiger partial charge in [-0.3, -0.25) is 0 Å². The molecule has 0 bridgehead atoms. The first-order valence-corrected chi connectivity index (χ1v) is 8.29.